The molecule has 0 radical (unpaired) electrons. The lowest BCUT2D eigenvalue weighted by atomic mass is 9.89. The summed E-state index contributed by atoms with van der Waals surface area (Å²) >= 11 is 0. The zero-order chi connectivity index (χ0) is 11.8. The standard InChI is InChI=1S/C13H25N.C2H6/c1-2-12-8-10-14(11-9-12)13-6-4-3-5-7-13;1-2/h12-13H,2-11H2,1H3;1-2H3. The Kier molecular flexibility index (Phi) is 7.11. The molecular formula is C15H31N. The van der Waals surface area contributed by atoms with Gasteiger partial charge in [0.15, 0.2) is 0 Å². The van der Waals surface area contributed by atoms with Gasteiger partial charge in [0.25, 0.3) is 0 Å². The van der Waals surface area contributed by atoms with Crippen LogP contribution in [0.2, 0.25) is 0 Å². The van der Waals surface area contributed by atoms with E-state index < -0.39 is 0 Å². The largest absolute Gasteiger partial charge is 0.300 e. The van der Waals surface area contributed by atoms with Gasteiger partial charge in [0.1, 0.15) is 0 Å². The van der Waals surface area contributed by atoms with Gasteiger partial charge in [0.2, 0.25) is 0 Å². The van der Waals surface area contributed by atoms with E-state index in [1.165, 1.54) is 64.5 Å². The first kappa shape index (κ1) is 14.0. The molecule has 96 valence electrons. The van der Waals surface area contributed by atoms with Crippen LogP contribution in [0.5, 0.6) is 0 Å². The monoisotopic (exact) mass is 225 g/mol. The molecule has 0 amide bonds. The number of rotatable bonds is 2. The third kappa shape index (κ3) is 4.08. The molecule has 0 aromatic carbocycles. The SMILES string of the molecule is CC.CCC1CCN(C2CCCCC2)CC1. The Morgan fingerprint density at radius 2 is 1.44 bits per heavy atom. The molecule has 0 unspecified atom stereocenters. The lowest BCUT2D eigenvalue weighted by Crippen LogP contribution is -2.42. The second-order valence-corrected chi connectivity index (χ2v) is 5.18. The van der Waals surface area contributed by atoms with Crippen molar-refractivity contribution in [2.45, 2.75) is 78.2 Å². The molecule has 0 N–H and O–H groups in total. The van der Waals surface area contributed by atoms with E-state index in [0.29, 0.717) is 0 Å². The summed E-state index contributed by atoms with van der Waals surface area (Å²) in [6.45, 7) is 9.13. The van der Waals surface area contributed by atoms with Crippen LogP contribution >= 0.6 is 0 Å². The molecule has 2 aliphatic rings. The zero-order valence-electron chi connectivity index (χ0n) is 11.7. The lowest BCUT2D eigenvalue weighted by Gasteiger charge is -2.39. The van der Waals surface area contributed by atoms with Gasteiger partial charge >= 0.3 is 0 Å². The Hall–Kier alpha value is -0.0400. The van der Waals surface area contributed by atoms with Crippen LogP contribution in [-0.4, -0.2) is 24.0 Å². The maximum atomic E-state index is 2.78. The fourth-order valence-corrected chi connectivity index (χ4v) is 3.17. The summed E-state index contributed by atoms with van der Waals surface area (Å²) in [5, 5.41) is 0. The quantitative estimate of drug-likeness (QED) is 0.670. The highest BCUT2D eigenvalue weighted by Crippen LogP contribution is 2.27. The molecule has 0 bridgehead atoms. The molecule has 1 heterocycles. The van der Waals surface area contributed by atoms with Gasteiger partial charge in [-0.3, -0.25) is 0 Å². The summed E-state index contributed by atoms with van der Waals surface area (Å²) in [5.74, 6) is 1.04. The van der Waals surface area contributed by atoms with E-state index in [-0.39, 0.29) is 0 Å². The highest BCUT2D eigenvalue weighted by Gasteiger charge is 2.25. The first-order chi connectivity index (χ1) is 7.90. The lowest BCUT2D eigenvalue weighted by molar-refractivity contribution is 0.106. The highest BCUT2D eigenvalue weighted by atomic mass is 15.2. The van der Waals surface area contributed by atoms with Crippen LogP contribution < -0.4 is 0 Å². The number of nitrogens with zero attached hydrogens (tertiary/aromatic N) is 1. The van der Waals surface area contributed by atoms with E-state index in [1.807, 2.05) is 13.8 Å². The second kappa shape index (κ2) is 8.11. The molecular weight excluding hydrogens is 194 g/mol. The number of likely N-dealkylation sites (tertiary alicyclic amines) is 1. The van der Waals surface area contributed by atoms with Crippen molar-refractivity contribution >= 4 is 0 Å². The molecule has 1 saturated carbocycles. The van der Waals surface area contributed by atoms with Crippen molar-refractivity contribution in [1.82, 2.24) is 4.90 Å². The van der Waals surface area contributed by atoms with Crippen molar-refractivity contribution in [3.05, 3.63) is 0 Å². The van der Waals surface area contributed by atoms with Gasteiger partial charge in [0.05, 0.1) is 0 Å². The number of piperidine rings is 1. The van der Waals surface area contributed by atoms with Crippen LogP contribution in [0, 0.1) is 5.92 Å². The molecule has 16 heavy (non-hydrogen) atoms. The predicted molar refractivity (Wildman–Crippen MR) is 72.8 cm³/mol. The third-order valence-electron chi connectivity index (χ3n) is 4.32. The van der Waals surface area contributed by atoms with Crippen LogP contribution in [0.15, 0.2) is 0 Å². The molecule has 1 aliphatic carbocycles. The molecule has 1 aliphatic heterocycles. The first-order valence-corrected chi connectivity index (χ1v) is 7.64. The van der Waals surface area contributed by atoms with Gasteiger partial charge in [-0.2, -0.15) is 0 Å². The summed E-state index contributed by atoms with van der Waals surface area (Å²) < 4.78 is 0. The van der Waals surface area contributed by atoms with E-state index >= 15 is 0 Å². The van der Waals surface area contributed by atoms with E-state index in [0.717, 1.165) is 12.0 Å². The topological polar surface area (TPSA) is 3.24 Å². The predicted octanol–water partition coefficient (Wildman–Crippen LogP) is 4.47. The van der Waals surface area contributed by atoms with Crippen molar-refractivity contribution in [3.63, 3.8) is 0 Å². The molecule has 1 nitrogen and oxygen atoms in total. The third-order valence-corrected chi connectivity index (χ3v) is 4.32. The Labute approximate surface area is 103 Å². The van der Waals surface area contributed by atoms with Crippen molar-refractivity contribution in [3.8, 4) is 0 Å². The fourth-order valence-electron chi connectivity index (χ4n) is 3.17. The van der Waals surface area contributed by atoms with Crippen LogP contribution in [-0.2, 0) is 0 Å². The van der Waals surface area contributed by atoms with Crippen molar-refractivity contribution in [1.29, 1.82) is 0 Å². The Balaban J connectivity index is 0.000000606. The molecule has 0 aromatic heterocycles. The van der Waals surface area contributed by atoms with E-state index in [2.05, 4.69) is 11.8 Å². The Morgan fingerprint density at radius 1 is 0.875 bits per heavy atom. The van der Waals surface area contributed by atoms with E-state index in [4.69, 9.17) is 0 Å². The number of hydrogen-bond acceptors (Lipinski definition) is 1. The minimum absolute atomic E-state index is 0.960. The minimum Gasteiger partial charge on any atom is -0.300 e. The van der Waals surface area contributed by atoms with Crippen molar-refractivity contribution < 1.29 is 0 Å². The summed E-state index contributed by atoms with van der Waals surface area (Å²) in [7, 11) is 0. The molecule has 2 rings (SSSR count). The maximum Gasteiger partial charge on any atom is 0.00952 e. The summed E-state index contributed by atoms with van der Waals surface area (Å²) in [6.07, 6.45) is 11.8. The van der Waals surface area contributed by atoms with Crippen molar-refractivity contribution in [2.24, 2.45) is 5.92 Å². The van der Waals surface area contributed by atoms with Gasteiger partial charge in [-0.15, -0.1) is 0 Å². The summed E-state index contributed by atoms with van der Waals surface area (Å²) in [4.78, 5) is 2.78. The molecule has 2 fully saturated rings. The average Bonchev–Trinajstić information content (AvgIpc) is 2.42. The normalized spacial score (nSPS) is 24.9. The van der Waals surface area contributed by atoms with E-state index in [1.54, 1.807) is 0 Å². The van der Waals surface area contributed by atoms with Gasteiger partial charge < -0.3 is 4.90 Å². The number of hydrogen-bond donors (Lipinski definition) is 0. The van der Waals surface area contributed by atoms with Gasteiger partial charge in [-0.05, 0) is 44.7 Å². The molecule has 0 atom stereocenters. The smallest absolute Gasteiger partial charge is 0.00952 e. The minimum atomic E-state index is 0.960. The van der Waals surface area contributed by atoms with Crippen molar-refractivity contribution in [2.75, 3.05) is 13.1 Å². The fraction of sp³-hybridized carbons (Fsp3) is 1.00. The van der Waals surface area contributed by atoms with Crippen LogP contribution in [0.25, 0.3) is 0 Å². The summed E-state index contributed by atoms with van der Waals surface area (Å²) in [5.41, 5.74) is 0. The molecule has 0 aromatic rings. The Morgan fingerprint density at radius 3 is 1.94 bits per heavy atom. The summed E-state index contributed by atoms with van der Waals surface area (Å²) in [6, 6.07) is 0.960. The van der Waals surface area contributed by atoms with E-state index in [9.17, 15) is 0 Å². The van der Waals surface area contributed by atoms with Crippen LogP contribution in [0.1, 0.15) is 72.1 Å². The van der Waals surface area contributed by atoms with Crippen LogP contribution in [0.4, 0.5) is 0 Å². The first-order valence-electron chi connectivity index (χ1n) is 7.64. The highest BCUT2D eigenvalue weighted by molar-refractivity contribution is 4.80. The molecule has 1 saturated heterocycles. The molecule has 1 heteroatoms. The van der Waals surface area contributed by atoms with Gasteiger partial charge in [-0.1, -0.05) is 46.5 Å². The van der Waals surface area contributed by atoms with Gasteiger partial charge in [-0.25, -0.2) is 0 Å². The van der Waals surface area contributed by atoms with Crippen LogP contribution in [0.3, 0.4) is 0 Å². The second-order valence-electron chi connectivity index (χ2n) is 5.18. The maximum absolute atomic E-state index is 2.78. The average molecular weight is 225 g/mol. The van der Waals surface area contributed by atoms with Gasteiger partial charge in [0, 0.05) is 6.04 Å². The zero-order valence-corrected chi connectivity index (χ0v) is 11.7. The molecule has 0 spiro atoms. The Bertz CT molecular complexity index is 153.